The molecule has 0 spiro atoms. The number of nitrogens with one attached hydrogen (secondary N) is 1. The average molecular weight is 531 g/mol. The summed E-state index contributed by atoms with van der Waals surface area (Å²) < 4.78 is 3.36. The van der Waals surface area contributed by atoms with Crippen LogP contribution in [-0.4, -0.2) is 39.4 Å². The van der Waals surface area contributed by atoms with Gasteiger partial charge in [-0.15, -0.1) is 11.3 Å². The van der Waals surface area contributed by atoms with Crippen molar-refractivity contribution >= 4 is 55.9 Å². The first-order valence-electron chi connectivity index (χ1n) is 12.7. The zero-order chi connectivity index (χ0) is 25.5. The van der Waals surface area contributed by atoms with Crippen LogP contribution >= 0.6 is 22.9 Å². The van der Waals surface area contributed by atoms with Crippen LogP contribution in [0.25, 0.3) is 32.2 Å². The SMILES string of the molecule is CC1(C)C2C(=O)N(Cc3cc4nccc(-c5cc(Cl)cc6ccn(CC7=CCNCC7)c56)c4s3)C(=O)C21. The van der Waals surface area contributed by atoms with Crippen LogP contribution in [0.15, 0.2) is 54.4 Å². The fourth-order valence-electron chi connectivity index (χ4n) is 6.27. The number of halogens is 1. The molecule has 7 rings (SSSR count). The van der Waals surface area contributed by atoms with Crippen LogP contribution in [0.2, 0.25) is 5.02 Å². The van der Waals surface area contributed by atoms with Crippen molar-refractivity contribution in [1.82, 2.24) is 19.8 Å². The molecule has 3 aliphatic rings. The van der Waals surface area contributed by atoms with Gasteiger partial charge in [0, 0.05) is 51.9 Å². The summed E-state index contributed by atoms with van der Waals surface area (Å²) >= 11 is 8.20. The number of pyridine rings is 1. The minimum atomic E-state index is -0.198. The van der Waals surface area contributed by atoms with Gasteiger partial charge in [-0.3, -0.25) is 19.5 Å². The molecule has 1 saturated carbocycles. The summed E-state index contributed by atoms with van der Waals surface area (Å²) in [5.74, 6) is -0.393. The standard InChI is InChI=1S/C29H27ClN4O2S/c1-29(2)23-24(29)28(36)34(27(23)35)15-19-13-22-26(37-19)20(5-9-32-22)21-12-18(30)11-17-6-10-33(25(17)21)14-16-3-7-31-8-4-16/h3,5-6,9-13,23-24,31H,4,7-8,14-15H2,1-2H3. The minimum Gasteiger partial charge on any atom is -0.343 e. The number of imide groups is 1. The molecule has 188 valence electrons. The van der Waals surface area contributed by atoms with E-state index in [4.69, 9.17) is 11.6 Å². The highest BCUT2D eigenvalue weighted by molar-refractivity contribution is 7.19. The zero-order valence-electron chi connectivity index (χ0n) is 20.8. The normalized spacial score (nSPS) is 22.7. The number of hydrogen-bond donors (Lipinski definition) is 1. The molecule has 1 saturated heterocycles. The number of aromatic nitrogens is 2. The van der Waals surface area contributed by atoms with Crippen molar-refractivity contribution in [3.8, 4) is 11.1 Å². The number of piperidine rings is 1. The lowest BCUT2D eigenvalue weighted by Crippen LogP contribution is -2.35. The summed E-state index contributed by atoms with van der Waals surface area (Å²) in [6.45, 7) is 7.10. The second-order valence-corrected chi connectivity index (χ2v) is 12.5. The summed E-state index contributed by atoms with van der Waals surface area (Å²) in [5.41, 5.74) is 5.39. The van der Waals surface area contributed by atoms with Gasteiger partial charge in [-0.05, 0) is 48.7 Å². The topological polar surface area (TPSA) is 67.2 Å². The number of amides is 2. The van der Waals surface area contributed by atoms with E-state index in [9.17, 15) is 9.59 Å². The minimum absolute atomic E-state index is 0.0350. The molecule has 5 heterocycles. The summed E-state index contributed by atoms with van der Waals surface area (Å²) in [6.07, 6.45) is 7.30. The molecule has 8 heteroatoms. The molecule has 2 aliphatic heterocycles. The highest BCUT2D eigenvalue weighted by Crippen LogP contribution is 2.63. The number of likely N-dealkylation sites (tertiary alicyclic amines) is 1. The molecule has 37 heavy (non-hydrogen) atoms. The Bertz CT molecular complexity index is 1620. The van der Waals surface area contributed by atoms with Crippen LogP contribution in [0, 0.1) is 17.3 Å². The maximum Gasteiger partial charge on any atom is 0.234 e. The Morgan fingerprint density at radius 3 is 2.68 bits per heavy atom. The molecule has 4 aromatic rings. The van der Waals surface area contributed by atoms with Crippen molar-refractivity contribution < 1.29 is 9.59 Å². The maximum absolute atomic E-state index is 12.9. The molecule has 0 radical (unpaired) electrons. The molecule has 2 fully saturated rings. The molecule has 6 nitrogen and oxygen atoms in total. The van der Waals surface area contributed by atoms with Gasteiger partial charge in [0.1, 0.15) is 0 Å². The Hall–Kier alpha value is -3.00. The first kappa shape index (κ1) is 23.1. The second kappa shape index (κ2) is 8.25. The first-order valence-corrected chi connectivity index (χ1v) is 13.9. The van der Waals surface area contributed by atoms with E-state index >= 15 is 0 Å². The predicted octanol–water partition coefficient (Wildman–Crippen LogP) is 5.63. The fraction of sp³-hybridized carbons (Fsp3) is 0.345. The van der Waals surface area contributed by atoms with Gasteiger partial charge < -0.3 is 9.88 Å². The number of carbonyl (C=O) groups is 2. The second-order valence-electron chi connectivity index (χ2n) is 11.0. The number of fused-ring (bicyclic) bond motifs is 3. The zero-order valence-corrected chi connectivity index (χ0v) is 22.3. The van der Waals surface area contributed by atoms with E-state index in [-0.39, 0.29) is 29.1 Å². The van der Waals surface area contributed by atoms with Crippen molar-refractivity contribution in [3.63, 3.8) is 0 Å². The molecule has 2 atom stereocenters. The van der Waals surface area contributed by atoms with Crippen LogP contribution in [0.1, 0.15) is 25.1 Å². The van der Waals surface area contributed by atoms with Crippen molar-refractivity contribution in [2.75, 3.05) is 13.1 Å². The molecule has 3 aromatic heterocycles. The third kappa shape index (κ3) is 3.59. The molecule has 0 bridgehead atoms. The lowest BCUT2D eigenvalue weighted by atomic mass is 10.0. The maximum atomic E-state index is 12.9. The van der Waals surface area contributed by atoms with E-state index in [0.29, 0.717) is 11.6 Å². The Labute approximate surface area is 223 Å². The lowest BCUT2D eigenvalue weighted by molar-refractivity contribution is -0.143. The van der Waals surface area contributed by atoms with Crippen molar-refractivity contribution in [2.45, 2.75) is 33.4 Å². The van der Waals surface area contributed by atoms with Gasteiger partial charge in [-0.2, -0.15) is 0 Å². The van der Waals surface area contributed by atoms with Gasteiger partial charge in [0.25, 0.3) is 0 Å². The highest BCUT2D eigenvalue weighted by Gasteiger charge is 2.72. The van der Waals surface area contributed by atoms with Crippen molar-refractivity contribution in [2.24, 2.45) is 17.3 Å². The number of rotatable bonds is 5. The fourth-order valence-corrected chi connectivity index (χ4v) is 7.63. The first-order chi connectivity index (χ1) is 17.8. The summed E-state index contributed by atoms with van der Waals surface area (Å²) in [6, 6.07) is 10.2. The van der Waals surface area contributed by atoms with Crippen LogP contribution in [0.5, 0.6) is 0 Å². The van der Waals surface area contributed by atoms with Crippen LogP contribution < -0.4 is 5.32 Å². The molecular formula is C29H27ClN4O2S. The third-order valence-electron chi connectivity index (χ3n) is 8.32. The van der Waals surface area contributed by atoms with Crippen LogP contribution in [-0.2, 0) is 22.7 Å². The van der Waals surface area contributed by atoms with E-state index < -0.39 is 0 Å². The summed E-state index contributed by atoms with van der Waals surface area (Å²) in [4.78, 5) is 32.8. The van der Waals surface area contributed by atoms with Gasteiger partial charge >= 0.3 is 0 Å². The van der Waals surface area contributed by atoms with Gasteiger partial charge in [0.05, 0.1) is 34.1 Å². The van der Waals surface area contributed by atoms with Crippen LogP contribution in [0.3, 0.4) is 0 Å². The average Bonchev–Trinajstić information content (AvgIpc) is 3.23. The van der Waals surface area contributed by atoms with E-state index in [1.54, 1.807) is 11.3 Å². The third-order valence-corrected chi connectivity index (χ3v) is 9.68. The molecule has 2 unspecified atom stereocenters. The molecule has 1 N–H and O–H groups in total. The van der Waals surface area contributed by atoms with E-state index in [1.807, 2.05) is 44.3 Å². The largest absolute Gasteiger partial charge is 0.343 e. The summed E-state index contributed by atoms with van der Waals surface area (Å²) in [7, 11) is 0. The molecule has 1 aliphatic carbocycles. The molecule has 2 amide bonds. The Kier molecular flexibility index (Phi) is 5.16. The quantitative estimate of drug-likeness (QED) is 0.268. The Morgan fingerprint density at radius 1 is 1.11 bits per heavy atom. The molecule has 1 aromatic carbocycles. The van der Waals surface area contributed by atoms with Gasteiger partial charge in [-0.25, -0.2) is 0 Å². The van der Waals surface area contributed by atoms with Gasteiger partial charge in [0.15, 0.2) is 0 Å². The van der Waals surface area contributed by atoms with E-state index in [1.165, 1.54) is 10.5 Å². The number of hydrogen-bond acceptors (Lipinski definition) is 5. The van der Waals surface area contributed by atoms with Crippen LogP contribution in [0.4, 0.5) is 0 Å². The number of carbonyl (C=O) groups excluding carboxylic acids is 2. The van der Waals surface area contributed by atoms with Gasteiger partial charge in [-0.1, -0.05) is 37.1 Å². The number of nitrogens with zero attached hydrogens (tertiary/aromatic N) is 3. The number of thiophene rings is 1. The van der Waals surface area contributed by atoms with E-state index in [0.717, 1.165) is 63.2 Å². The van der Waals surface area contributed by atoms with Crippen molar-refractivity contribution in [1.29, 1.82) is 0 Å². The molecular weight excluding hydrogens is 504 g/mol. The highest BCUT2D eigenvalue weighted by atomic mass is 35.5. The Balaban J connectivity index is 1.28. The van der Waals surface area contributed by atoms with E-state index in [2.05, 4.69) is 33.2 Å². The summed E-state index contributed by atoms with van der Waals surface area (Å²) in [5, 5.41) is 5.18. The predicted molar refractivity (Wildman–Crippen MR) is 147 cm³/mol. The monoisotopic (exact) mass is 530 g/mol. The van der Waals surface area contributed by atoms with Crippen molar-refractivity contribution in [3.05, 3.63) is 64.3 Å². The number of benzene rings is 1. The van der Waals surface area contributed by atoms with Gasteiger partial charge in [0.2, 0.25) is 11.8 Å². The lowest BCUT2D eigenvalue weighted by Gasteiger charge is -2.19. The smallest absolute Gasteiger partial charge is 0.234 e. The Morgan fingerprint density at radius 2 is 1.92 bits per heavy atom.